The van der Waals surface area contributed by atoms with Gasteiger partial charge in [0.05, 0.1) is 25.6 Å². The Morgan fingerprint density at radius 2 is 1.62 bits per heavy atom. The van der Waals surface area contributed by atoms with Gasteiger partial charge in [-0.05, 0) is 36.8 Å². The number of methoxy groups -OCH3 is 1. The predicted octanol–water partition coefficient (Wildman–Crippen LogP) is 0.574. The van der Waals surface area contributed by atoms with Crippen LogP contribution in [0.1, 0.15) is 28.4 Å². The first-order valence-corrected chi connectivity index (χ1v) is 11.0. The molecule has 0 aromatic heterocycles. The number of benzene rings is 2. The highest BCUT2D eigenvalue weighted by atomic mass is 32.2. The average molecular weight is 421 g/mol. The van der Waals surface area contributed by atoms with Crippen LogP contribution >= 0.6 is 0 Å². The van der Waals surface area contributed by atoms with Crippen LogP contribution < -0.4 is 14.9 Å². The van der Waals surface area contributed by atoms with E-state index in [0.29, 0.717) is 12.1 Å². The number of carbonyl (C=O) groups excluding carboxylic acids is 1. The van der Waals surface area contributed by atoms with E-state index in [1.165, 1.54) is 41.8 Å². The molecule has 0 radical (unpaired) electrons. The standard InChI is InChI=1S/C21H29N3O4S/c1-16(15-28-4)23-29(26,27)20-11-9-19(10-12-20)21(25)22-13-17-5-7-18(8-6-17)14-24(2)3/h5-12,16,23H,13-15H2,1-4H3,(H,22,25)/p+1/t16-/m1/s1. The summed E-state index contributed by atoms with van der Waals surface area (Å²) < 4.78 is 32.1. The molecule has 0 aliphatic heterocycles. The Morgan fingerprint density at radius 3 is 2.17 bits per heavy atom. The van der Waals surface area contributed by atoms with Crippen molar-refractivity contribution in [3.8, 4) is 0 Å². The fourth-order valence-electron chi connectivity index (χ4n) is 2.87. The minimum atomic E-state index is -3.66. The zero-order valence-electron chi connectivity index (χ0n) is 17.4. The molecule has 2 rings (SSSR count). The van der Waals surface area contributed by atoms with Crippen LogP contribution in [0.25, 0.3) is 0 Å². The summed E-state index contributed by atoms with van der Waals surface area (Å²) in [6.45, 7) is 3.35. The number of nitrogens with one attached hydrogen (secondary N) is 3. The Labute approximate surface area is 173 Å². The third-order valence-electron chi connectivity index (χ3n) is 4.23. The number of amides is 1. The largest absolute Gasteiger partial charge is 0.383 e. The molecule has 1 atom stereocenters. The molecule has 0 bridgehead atoms. The average Bonchev–Trinajstić information content (AvgIpc) is 2.66. The monoisotopic (exact) mass is 420 g/mol. The molecule has 7 nitrogen and oxygen atoms in total. The van der Waals surface area contributed by atoms with E-state index < -0.39 is 10.0 Å². The normalized spacial score (nSPS) is 12.7. The topological polar surface area (TPSA) is 88.9 Å². The van der Waals surface area contributed by atoms with Crippen molar-refractivity contribution in [1.29, 1.82) is 0 Å². The molecule has 0 saturated heterocycles. The first-order valence-electron chi connectivity index (χ1n) is 9.47. The molecule has 158 valence electrons. The predicted molar refractivity (Wildman–Crippen MR) is 112 cm³/mol. The van der Waals surface area contributed by atoms with E-state index in [2.05, 4.69) is 36.3 Å². The molecular weight excluding hydrogens is 390 g/mol. The minimum absolute atomic E-state index is 0.107. The Kier molecular flexibility index (Phi) is 8.33. The molecule has 8 heteroatoms. The number of carbonyl (C=O) groups is 1. The van der Waals surface area contributed by atoms with E-state index in [1.807, 2.05) is 12.1 Å². The van der Waals surface area contributed by atoms with Crippen molar-refractivity contribution in [3.63, 3.8) is 0 Å². The van der Waals surface area contributed by atoms with E-state index in [1.54, 1.807) is 6.92 Å². The van der Waals surface area contributed by atoms with Gasteiger partial charge in [-0.25, -0.2) is 13.1 Å². The lowest BCUT2D eigenvalue weighted by Gasteiger charge is -2.13. The maximum atomic E-state index is 12.4. The van der Waals surface area contributed by atoms with Crippen molar-refractivity contribution in [1.82, 2.24) is 10.0 Å². The summed E-state index contributed by atoms with van der Waals surface area (Å²) in [5, 5.41) is 2.86. The summed E-state index contributed by atoms with van der Waals surface area (Å²) in [4.78, 5) is 13.8. The molecule has 0 saturated carbocycles. The number of rotatable bonds is 10. The maximum Gasteiger partial charge on any atom is 0.251 e. The van der Waals surface area contributed by atoms with Crippen LogP contribution in [-0.2, 0) is 27.8 Å². The van der Waals surface area contributed by atoms with Gasteiger partial charge in [0.25, 0.3) is 5.91 Å². The molecule has 0 fully saturated rings. The minimum Gasteiger partial charge on any atom is -0.383 e. The molecule has 0 aliphatic rings. The molecule has 0 heterocycles. The van der Waals surface area contributed by atoms with Crippen LogP contribution in [0.4, 0.5) is 0 Å². The third-order valence-corrected chi connectivity index (χ3v) is 5.84. The molecule has 0 spiro atoms. The van der Waals surface area contributed by atoms with E-state index in [9.17, 15) is 13.2 Å². The van der Waals surface area contributed by atoms with Crippen LogP contribution in [0.3, 0.4) is 0 Å². The molecule has 3 N–H and O–H groups in total. The van der Waals surface area contributed by atoms with Crippen molar-refractivity contribution in [2.24, 2.45) is 0 Å². The lowest BCUT2D eigenvalue weighted by molar-refractivity contribution is -0.872. The van der Waals surface area contributed by atoms with Gasteiger partial charge in [0, 0.05) is 30.8 Å². The Bertz CT molecular complexity index is 895. The van der Waals surface area contributed by atoms with E-state index in [0.717, 1.165) is 12.1 Å². The van der Waals surface area contributed by atoms with Crippen molar-refractivity contribution in [2.45, 2.75) is 31.0 Å². The van der Waals surface area contributed by atoms with Gasteiger partial charge in [-0.1, -0.05) is 24.3 Å². The molecule has 2 aromatic rings. The second-order valence-electron chi connectivity index (χ2n) is 7.39. The van der Waals surface area contributed by atoms with Crippen molar-refractivity contribution < 1.29 is 22.8 Å². The van der Waals surface area contributed by atoms with Crippen LogP contribution in [0, 0.1) is 0 Å². The van der Waals surface area contributed by atoms with Gasteiger partial charge in [-0.3, -0.25) is 4.79 Å². The second kappa shape index (κ2) is 10.5. The van der Waals surface area contributed by atoms with Gasteiger partial charge in [0.2, 0.25) is 10.0 Å². The first kappa shape index (κ1) is 23.0. The van der Waals surface area contributed by atoms with E-state index >= 15 is 0 Å². The third kappa shape index (κ3) is 7.25. The summed E-state index contributed by atoms with van der Waals surface area (Å²) in [6.07, 6.45) is 0. The number of sulfonamides is 1. The van der Waals surface area contributed by atoms with Gasteiger partial charge < -0.3 is 15.0 Å². The lowest BCUT2D eigenvalue weighted by atomic mass is 10.1. The molecule has 2 aromatic carbocycles. The Hall–Kier alpha value is -2.26. The van der Waals surface area contributed by atoms with Crippen molar-refractivity contribution in [3.05, 3.63) is 65.2 Å². The van der Waals surface area contributed by atoms with Crippen LogP contribution in [-0.4, -0.2) is 48.2 Å². The van der Waals surface area contributed by atoms with E-state index in [4.69, 9.17) is 4.74 Å². The number of hydrogen-bond donors (Lipinski definition) is 3. The molecule has 0 aliphatic carbocycles. The zero-order valence-corrected chi connectivity index (χ0v) is 18.2. The summed E-state index contributed by atoms with van der Waals surface area (Å²) in [7, 11) is 2.05. The van der Waals surface area contributed by atoms with Gasteiger partial charge >= 0.3 is 0 Å². The maximum absolute atomic E-state index is 12.4. The number of quaternary nitrogens is 1. The van der Waals surface area contributed by atoms with Crippen molar-refractivity contribution in [2.75, 3.05) is 27.8 Å². The summed E-state index contributed by atoms with van der Waals surface area (Å²) in [5.41, 5.74) is 2.65. The highest BCUT2D eigenvalue weighted by Crippen LogP contribution is 2.12. The van der Waals surface area contributed by atoms with Gasteiger partial charge in [0.15, 0.2) is 0 Å². The number of hydrogen-bond acceptors (Lipinski definition) is 4. The summed E-state index contributed by atoms with van der Waals surface area (Å²) in [5.74, 6) is -0.253. The Balaban J connectivity index is 1.95. The van der Waals surface area contributed by atoms with Crippen LogP contribution in [0.5, 0.6) is 0 Å². The molecular formula is C21H30N3O4S+. The van der Waals surface area contributed by atoms with E-state index in [-0.39, 0.29) is 23.5 Å². The highest BCUT2D eigenvalue weighted by Gasteiger charge is 2.18. The molecule has 1 amide bonds. The molecule has 29 heavy (non-hydrogen) atoms. The summed E-state index contributed by atoms with van der Waals surface area (Å²) >= 11 is 0. The van der Waals surface area contributed by atoms with Crippen molar-refractivity contribution >= 4 is 15.9 Å². The molecule has 0 unspecified atom stereocenters. The number of ether oxygens (including phenoxy) is 1. The van der Waals surface area contributed by atoms with Gasteiger partial charge in [-0.2, -0.15) is 0 Å². The lowest BCUT2D eigenvalue weighted by Crippen LogP contribution is -3.04. The SMILES string of the molecule is COC[C@@H](C)NS(=O)(=O)c1ccc(C(=O)NCc2ccc(C[NH+](C)C)cc2)cc1. The quantitative estimate of drug-likeness (QED) is 0.525. The van der Waals surface area contributed by atoms with Gasteiger partial charge in [-0.15, -0.1) is 0 Å². The summed E-state index contributed by atoms with van der Waals surface area (Å²) in [6, 6.07) is 13.6. The first-order chi connectivity index (χ1) is 13.7. The fraction of sp³-hybridized carbons (Fsp3) is 0.381. The second-order valence-corrected chi connectivity index (χ2v) is 9.10. The van der Waals surface area contributed by atoms with Crippen LogP contribution in [0.2, 0.25) is 0 Å². The zero-order chi connectivity index (χ0) is 21.4. The smallest absolute Gasteiger partial charge is 0.251 e. The van der Waals surface area contributed by atoms with Crippen LogP contribution in [0.15, 0.2) is 53.4 Å². The highest BCUT2D eigenvalue weighted by molar-refractivity contribution is 7.89. The van der Waals surface area contributed by atoms with Gasteiger partial charge in [0.1, 0.15) is 6.54 Å². The Morgan fingerprint density at radius 1 is 1.03 bits per heavy atom. The fourth-order valence-corrected chi connectivity index (χ4v) is 4.10.